The van der Waals surface area contributed by atoms with Crippen LogP contribution in [0.1, 0.15) is 23.1 Å². The number of amides is 1. The molecule has 4 rings (SSSR count). The van der Waals surface area contributed by atoms with Crippen molar-refractivity contribution in [3.05, 3.63) is 59.9 Å². The number of thioether (sulfide) groups is 1. The van der Waals surface area contributed by atoms with Gasteiger partial charge in [-0.05, 0) is 44.2 Å². The molecule has 0 aliphatic carbocycles. The van der Waals surface area contributed by atoms with Crippen molar-refractivity contribution in [1.29, 1.82) is 0 Å². The Balaban J connectivity index is 1.48. The number of rotatable bonds is 7. The van der Waals surface area contributed by atoms with Gasteiger partial charge in [0.15, 0.2) is 4.34 Å². The van der Waals surface area contributed by atoms with Gasteiger partial charge in [-0.25, -0.2) is 4.98 Å². The summed E-state index contributed by atoms with van der Waals surface area (Å²) in [6.07, 6.45) is 0. The Morgan fingerprint density at radius 3 is 2.74 bits per heavy atom. The zero-order chi connectivity index (χ0) is 21.8. The van der Waals surface area contributed by atoms with Crippen LogP contribution >= 0.6 is 23.1 Å². The molecule has 2 aromatic heterocycles. The van der Waals surface area contributed by atoms with Gasteiger partial charge in [0, 0.05) is 11.3 Å². The molecule has 10 heteroatoms. The van der Waals surface area contributed by atoms with Gasteiger partial charge < -0.3 is 4.74 Å². The van der Waals surface area contributed by atoms with E-state index in [9.17, 15) is 9.59 Å². The van der Waals surface area contributed by atoms with Gasteiger partial charge in [0.05, 0.1) is 23.4 Å². The summed E-state index contributed by atoms with van der Waals surface area (Å²) < 4.78 is 7.52. The predicted octanol–water partition coefficient (Wildman–Crippen LogP) is 4.09. The van der Waals surface area contributed by atoms with Crippen molar-refractivity contribution >= 4 is 51.1 Å². The molecule has 0 aliphatic rings. The summed E-state index contributed by atoms with van der Waals surface area (Å²) in [6.45, 7) is 4.03. The normalized spacial score (nSPS) is 10.9. The lowest BCUT2D eigenvalue weighted by atomic mass is 10.2. The Hall–Kier alpha value is -3.24. The Morgan fingerprint density at radius 2 is 1.97 bits per heavy atom. The van der Waals surface area contributed by atoms with E-state index in [1.54, 1.807) is 19.1 Å². The summed E-state index contributed by atoms with van der Waals surface area (Å²) in [7, 11) is 0. The summed E-state index contributed by atoms with van der Waals surface area (Å²) in [5, 5.41) is 11.1. The Labute approximate surface area is 186 Å². The van der Waals surface area contributed by atoms with Crippen LogP contribution in [-0.4, -0.2) is 44.0 Å². The third-order valence-electron chi connectivity index (χ3n) is 4.34. The Morgan fingerprint density at radius 1 is 1.16 bits per heavy atom. The van der Waals surface area contributed by atoms with Crippen LogP contribution in [-0.2, 0) is 9.53 Å². The van der Waals surface area contributed by atoms with Crippen molar-refractivity contribution in [2.24, 2.45) is 0 Å². The summed E-state index contributed by atoms with van der Waals surface area (Å²) in [5.74, 6) is 0.376. The molecular weight excluding hydrogens is 434 g/mol. The lowest BCUT2D eigenvalue weighted by molar-refractivity contribution is -0.139. The van der Waals surface area contributed by atoms with Gasteiger partial charge >= 0.3 is 5.97 Å². The van der Waals surface area contributed by atoms with Crippen molar-refractivity contribution in [1.82, 2.24) is 19.7 Å². The third-order valence-corrected chi connectivity index (χ3v) is 6.29. The molecule has 4 aromatic rings. The highest BCUT2D eigenvalue weighted by atomic mass is 32.2. The van der Waals surface area contributed by atoms with Crippen LogP contribution in [0.2, 0.25) is 0 Å². The van der Waals surface area contributed by atoms with Crippen LogP contribution in [0, 0.1) is 6.92 Å². The molecule has 0 fully saturated rings. The van der Waals surface area contributed by atoms with E-state index in [4.69, 9.17) is 4.74 Å². The van der Waals surface area contributed by atoms with Gasteiger partial charge in [-0.1, -0.05) is 41.3 Å². The smallest absolute Gasteiger partial charge is 0.316 e. The SMILES string of the molecule is CCOC(=O)CSc1nnc(NC(=O)c2ccc3c(c2)nc(C)n3-c2ccccc2)s1. The second kappa shape index (κ2) is 9.27. The molecule has 158 valence electrons. The highest BCUT2D eigenvalue weighted by Gasteiger charge is 2.15. The van der Waals surface area contributed by atoms with Gasteiger partial charge in [-0.3, -0.25) is 19.5 Å². The number of imidazole rings is 1. The fourth-order valence-electron chi connectivity index (χ4n) is 3.06. The van der Waals surface area contributed by atoms with Crippen LogP contribution in [0.3, 0.4) is 0 Å². The van der Waals surface area contributed by atoms with Crippen molar-refractivity contribution in [2.45, 2.75) is 18.2 Å². The van der Waals surface area contributed by atoms with Crippen LogP contribution in [0.25, 0.3) is 16.7 Å². The minimum absolute atomic E-state index is 0.149. The Bertz CT molecular complexity index is 1240. The predicted molar refractivity (Wildman–Crippen MR) is 121 cm³/mol. The third kappa shape index (κ3) is 4.75. The second-order valence-corrected chi connectivity index (χ2v) is 8.65. The molecule has 2 heterocycles. The number of aryl methyl sites for hydroxylation is 1. The van der Waals surface area contributed by atoms with Crippen molar-refractivity contribution in [3.8, 4) is 5.69 Å². The number of para-hydroxylation sites is 1. The van der Waals surface area contributed by atoms with Crippen LogP contribution < -0.4 is 5.32 Å². The van der Waals surface area contributed by atoms with E-state index >= 15 is 0 Å². The number of benzene rings is 2. The molecule has 0 saturated carbocycles. The van der Waals surface area contributed by atoms with Crippen molar-refractivity contribution in [2.75, 3.05) is 17.7 Å². The van der Waals surface area contributed by atoms with E-state index < -0.39 is 0 Å². The number of ether oxygens (including phenoxy) is 1. The standard InChI is InChI=1S/C21H19N5O3S2/c1-3-29-18(27)12-30-21-25-24-20(31-21)23-19(28)14-9-10-17-16(11-14)22-13(2)26(17)15-7-5-4-6-8-15/h4-11H,3,12H2,1-2H3,(H,23,24,28). The minimum atomic E-state index is -0.313. The van der Waals surface area contributed by atoms with E-state index in [2.05, 4.69) is 25.1 Å². The summed E-state index contributed by atoms with van der Waals surface area (Å²) in [6, 6.07) is 15.4. The first-order valence-corrected chi connectivity index (χ1v) is 11.3. The van der Waals surface area contributed by atoms with Crippen molar-refractivity contribution < 1.29 is 14.3 Å². The molecular formula is C21H19N5O3S2. The van der Waals surface area contributed by atoms with E-state index in [1.165, 1.54) is 23.1 Å². The molecule has 1 N–H and O–H groups in total. The quantitative estimate of drug-likeness (QED) is 0.256. The number of carbonyl (C=O) groups excluding carboxylic acids is 2. The maximum Gasteiger partial charge on any atom is 0.316 e. The molecule has 0 atom stereocenters. The number of hydrogen-bond donors (Lipinski definition) is 1. The van der Waals surface area contributed by atoms with E-state index in [-0.39, 0.29) is 17.6 Å². The fourth-order valence-corrected chi connectivity index (χ4v) is 4.60. The van der Waals surface area contributed by atoms with E-state index in [0.717, 1.165) is 22.5 Å². The maximum atomic E-state index is 12.7. The van der Waals surface area contributed by atoms with Gasteiger partial charge in [0.1, 0.15) is 5.82 Å². The van der Waals surface area contributed by atoms with Gasteiger partial charge in [-0.15, -0.1) is 10.2 Å². The molecule has 0 bridgehead atoms. The van der Waals surface area contributed by atoms with Crippen LogP contribution in [0.15, 0.2) is 52.9 Å². The largest absolute Gasteiger partial charge is 0.465 e. The first kappa shape index (κ1) is 21.0. The first-order chi connectivity index (χ1) is 15.0. The first-order valence-electron chi connectivity index (χ1n) is 9.53. The topological polar surface area (TPSA) is 99.0 Å². The number of nitrogens with zero attached hydrogens (tertiary/aromatic N) is 4. The number of esters is 1. The molecule has 0 spiro atoms. The average molecular weight is 454 g/mol. The molecule has 31 heavy (non-hydrogen) atoms. The molecule has 0 unspecified atom stereocenters. The highest BCUT2D eigenvalue weighted by molar-refractivity contribution is 8.01. The maximum absolute atomic E-state index is 12.7. The molecule has 0 radical (unpaired) electrons. The lowest BCUT2D eigenvalue weighted by Crippen LogP contribution is -2.11. The second-order valence-electron chi connectivity index (χ2n) is 6.45. The lowest BCUT2D eigenvalue weighted by Gasteiger charge is -2.07. The Kier molecular flexibility index (Phi) is 6.28. The van der Waals surface area contributed by atoms with Gasteiger partial charge in [0.25, 0.3) is 5.91 Å². The summed E-state index contributed by atoms with van der Waals surface area (Å²) in [4.78, 5) is 28.7. The number of nitrogens with one attached hydrogen (secondary N) is 1. The van der Waals surface area contributed by atoms with E-state index in [0.29, 0.717) is 21.6 Å². The zero-order valence-electron chi connectivity index (χ0n) is 16.9. The van der Waals surface area contributed by atoms with Crippen LogP contribution in [0.5, 0.6) is 0 Å². The van der Waals surface area contributed by atoms with Crippen molar-refractivity contribution in [3.63, 3.8) is 0 Å². The zero-order valence-corrected chi connectivity index (χ0v) is 18.5. The summed E-state index contributed by atoms with van der Waals surface area (Å²) >= 11 is 2.43. The summed E-state index contributed by atoms with van der Waals surface area (Å²) in [5.41, 5.74) is 3.15. The number of anilines is 1. The number of aromatic nitrogens is 4. The fraction of sp³-hybridized carbons (Fsp3) is 0.190. The molecule has 0 aliphatic heterocycles. The monoisotopic (exact) mass is 453 g/mol. The molecule has 2 aromatic carbocycles. The molecule has 0 saturated heterocycles. The van der Waals surface area contributed by atoms with Crippen LogP contribution in [0.4, 0.5) is 5.13 Å². The number of fused-ring (bicyclic) bond motifs is 1. The minimum Gasteiger partial charge on any atom is -0.465 e. The van der Waals surface area contributed by atoms with Gasteiger partial charge in [0.2, 0.25) is 5.13 Å². The van der Waals surface area contributed by atoms with Gasteiger partial charge in [-0.2, -0.15) is 0 Å². The van der Waals surface area contributed by atoms with E-state index in [1.807, 2.05) is 43.3 Å². The average Bonchev–Trinajstić information content (AvgIpc) is 3.35. The number of carbonyl (C=O) groups is 2. The molecule has 8 nitrogen and oxygen atoms in total. The number of hydrogen-bond acceptors (Lipinski definition) is 8. The highest BCUT2D eigenvalue weighted by Crippen LogP contribution is 2.27. The molecule has 1 amide bonds.